The Balaban J connectivity index is 1.87. The van der Waals surface area contributed by atoms with Crippen molar-refractivity contribution < 1.29 is 22.4 Å². The first kappa shape index (κ1) is 24.7. The summed E-state index contributed by atoms with van der Waals surface area (Å²) in [5.41, 5.74) is 1.09. The van der Waals surface area contributed by atoms with Crippen LogP contribution in [0.4, 0.5) is 21.5 Å². The third-order valence-electron chi connectivity index (χ3n) is 5.69. The van der Waals surface area contributed by atoms with Crippen LogP contribution in [-0.2, 0) is 19.6 Å². The van der Waals surface area contributed by atoms with E-state index in [-0.39, 0.29) is 29.5 Å². The van der Waals surface area contributed by atoms with Gasteiger partial charge in [-0.25, -0.2) is 12.8 Å². The van der Waals surface area contributed by atoms with E-state index in [4.69, 9.17) is 0 Å². The highest BCUT2D eigenvalue weighted by molar-refractivity contribution is 7.89. The summed E-state index contributed by atoms with van der Waals surface area (Å²) in [5.74, 6) is -2.00. The van der Waals surface area contributed by atoms with Gasteiger partial charge in [-0.1, -0.05) is 26.0 Å². The molecule has 2 aromatic carbocycles. The molecule has 1 atom stereocenters. The van der Waals surface area contributed by atoms with Gasteiger partial charge in [0.15, 0.2) is 0 Å². The van der Waals surface area contributed by atoms with Crippen LogP contribution in [0.25, 0.3) is 0 Å². The second kappa shape index (κ2) is 9.88. The van der Waals surface area contributed by atoms with E-state index in [9.17, 15) is 22.4 Å². The molecule has 1 aliphatic rings. The maximum absolute atomic E-state index is 14.2. The van der Waals surface area contributed by atoms with E-state index in [0.717, 1.165) is 0 Å². The van der Waals surface area contributed by atoms with Gasteiger partial charge in [0.25, 0.3) is 0 Å². The number of amides is 2. The molecule has 2 aromatic rings. The Morgan fingerprint density at radius 2 is 1.82 bits per heavy atom. The van der Waals surface area contributed by atoms with E-state index in [1.165, 1.54) is 39.5 Å². The summed E-state index contributed by atoms with van der Waals surface area (Å²) in [7, 11) is -0.159. The normalized spacial score (nSPS) is 16.4. The summed E-state index contributed by atoms with van der Waals surface area (Å²) < 4.78 is 41.4. The molecule has 0 aromatic heterocycles. The van der Waals surface area contributed by atoms with Crippen molar-refractivity contribution in [2.24, 2.45) is 5.92 Å². The Hall–Kier alpha value is -2.98. The van der Waals surface area contributed by atoms with Gasteiger partial charge in [0.1, 0.15) is 5.82 Å². The Morgan fingerprint density at radius 1 is 1.15 bits per heavy atom. The number of carbonyl (C=O) groups excluding carboxylic acids is 2. The van der Waals surface area contributed by atoms with E-state index >= 15 is 0 Å². The first-order valence-electron chi connectivity index (χ1n) is 10.8. The van der Waals surface area contributed by atoms with Crippen molar-refractivity contribution >= 4 is 38.9 Å². The molecule has 1 fully saturated rings. The van der Waals surface area contributed by atoms with Gasteiger partial charge in [0, 0.05) is 40.2 Å². The molecule has 3 rings (SSSR count). The molecule has 0 radical (unpaired) electrons. The number of benzene rings is 2. The Kier molecular flexibility index (Phi) is 7.38. The number of sulfonamides is 1. The number of hydrogen-bond acceptors (Lipinski definition) is 5. The molecule has 0 saturated carbocycles. The molecule has 2 amide bonds. The fourth-order valence-corrected chi connectivity index (χ4v) is 5.38. The quantitative estimate of drug-likeness (QED) is 0.633. The highest BCUT2D eigenvalue weighted by Gasteiger charge is 2.36. The largest absolute Gasteiger partial charge is 0.376 e. The minimum Gasteiger partial charge on any atom is -0.376 e. The van der Waals surface area contributed by atoms with Gasteiger partial charge < -0.3 is 15.1 Å². The highest BCUT2D eigenvalue weighted by Crippen LogP contribution is 2.32. The maximum Gasteiger partial charge on any atom is 0.243 e. The third kappa shape index (κ3) is 5.01. The Labute approximate surface area is 194 Å². The number of rotatable bonds is 8. The monoisotopic (exact) mass is 476 g/mol. The summed E-state index contributed by atoms with van der Waals surface area (Å²) in [5, 5.41) is 2.79. The van der Waals surface area contributed by atoms with Crippen LogP contribution < -0.4 is 15.1 Å². The van der Waals surface area contributed by atoms with Gasteiger partial charge in [-0.05, 0) is 30.3 Å². The number of carbonyl (C=O) groups is 2. The summed E-state index contributed by atoms with van der Waals surface area (Å²) in [6.45, 7) is 4.21. The molecule has 0 bridgehead atoms. The zero-order valence-electron chi connectivity index (χ0n) is 19.2. The molecule has 1 heterocycles. The number of hydrogen-bond donors (Lipinski definition) is 1. The number of nitrogens with zero attached hydrogens (tertiary/aromatic N) is 3. The van der Waals surface area contributed by atoms with Crippen LogP contribution in [-0.4, -0.2) is 58.3 Å². The van der Waals surface area contributed by atoms with Crippen LogP contribution in [0.3, 0.4) is 0 Å². The van der Waals surface area contributed by atoms with Crippen molar-refractivity contribution in [2.75, 3.05) is 48.8 Å². The van der Waals surface area contributed by atoms with Gasteiger partial charge in [-0.3, -0.25) is 9.59 Å². The summed E-state index contributed by atoms with van der Waals surface area (Å²) in [4.78, 5) is 28.6. The fourth-order valence-electron chi connectivity index (χ4n) is 3.90. The lowest BCUT2D eigenvalue weighted by Gasteiger charge is -2.23. The van der Waals surface area contributed by atoms with Crippen LogP contribution in [0, 0.1) is 11.7 Å². The van der Waals surface area contributed by atoms with Gasteiger partial charge in [-0.15, -0.1) is 0 Å². The van der Waals surface area contributed by atoms with Crippen LogP contribution in [0.5, 0.6) is 0 Å². The lowest BCUT2D eigenvalue weighted by Crippen LogP contribution is -2.31. The van der Waals surface area contributed by atoms with E-state index in [0.29, 0.717) is 24.5 Å². The van der Waals surface area contributed by atoms with Crippen molar-refractivity contribution in [3.8, 4) is 0 Å². The van der Waals surface area contributed by atoms with E-state index in [1.807, 2.05) is 0 Å². The van der Waals surface area contributed by atoms with Crippen LogP contribution in [0.1, 0.15) is 20.3 Å². The van der Waals surface area contributed by atoms with Crippen molar-refractivity contribution in [3.63, 3.8) is 0 Å². The first-order chi connectivity index (χ1) is 15.6. The van der Waals surface area contributed by atoms with Gasteiger partial charge >= 0.3 is 0 Å². The zero-order valence-corrected chi connectivity index (χ0v) is 20.0. The van der Waals surface area contributed by atoms with Crippen molar-refractivity contribution in [1.29, 1.82) is 0 Å². The molecule has 1 N–H and O–H groups in total. The van der Waals surface area contributed by atoms with Crippen molar-refractivity contribution in [3.05, 3.63) is 48.3 Å². The molecular weight excluding hydrogens is 447 g/mol. The number of anilines is 3. The van der Waals surface area contributed by atoms with Crippen molar-refractivity contribution in [2.45, 2.75) is 25.2 Å². The van der Waals surface area contributed by atoms with Crippen molar-refractivity contribution in [1.82, 2.24) is 4.31 Å². The topological polar surface area (TPSA) is 90.0 Å². The zero-order chi connectivity index (χ0) is 24.3. The molecule has 33 heavy (non-hydrogen) atoms. The predicted octanol–water partition coefficient (Wildman–Crippen LogP) is 2.91. The maximum atomic E-state index is 14.2. The van der Waals surface area contributed by atoms with Gasteiger partial charge in [0.2, 0.25) is 21.8 Å². The highest BCUT2D eigenvalue weighted by atomic mass is 32.2. The molecule has 1 aliphatic heterocycles. The number of para-hydroxylation sites is 1. The van der Waals surface area contributed by atoms with E-state index in [1.54, 1.807) is 45.0 Å². The molecule has 1 saturated heterocycles. The standard InChI is InChI=1S/C23H29FN4O4S/c1-5-27(6-2)33(31,32)17-11-12-21(26(3)4)19(14-17)25-23(30)16-13-22(29)28(15-16)20-10-8-7-9-18(20)24/h7-12,14,16H,5-6,13,15H2,1-4H3,(H,25,30). The van der Waals surface area contributed by atoms with E-state index in [2.05, 4.69) is 5.32 Å². The molecule has 0 spiro atoms. The minimum absolute atomic E-state index is 0.0420. The second-order valence-electron chi connectivity index (χ2n) is 8.01. The number of halogens is 1. The van der Waals surface area contributed by atoms with Crippen LogP contribution >= 0.6 is 0 Å². The van der Waals surface area contributed by atoms with Gasteiger partial charge in [0.05, 0.1) is 27.9 Å². The minimum atomic E-state index is -3.72. The van der Waals surface area contributed by atoms with Gasteiger partial charge in [-0.2, -0.15) is 4.31 Å². The van der Waals surface area contributed by atoms with Crippen LogP contribution in [0.15, 0.2) is 47.4 Å². The summed E-state index contributed by atoms with van der Waals surface area (Å²) in [6.07, 6.45) is -0.0606. The third-order valence-corrected chi connectivity index (χ3v) is 7.74. The molecule has 0 aliphatic carbocycles. The Bertz CT molecular complexity index is 1150. The molecular formula is C23H29FN4O4S. The molecule has 1 unspecified atom stereocenters. The Morgan fingerprint density at radius 3 is 2.42 bits per heavy atom. The molecule has 8 nitrogen and oxygen atoms in total. The first-order valence-corrected chi connectivity index (χ1v) is 12.2. The fraction of sp³-hybridized carbons (Fsp3) is 0.391. The van der Waals surface area contributed by atoms with Crippen LogP contribution in [0.2, 0.25) is 0 Å². The lowest BCUT2D eigenvalue weighted by molar-refractivity contribution is -0.122. The molecule has 178 valence electrons. The SMILES string of the molecule is CCN(CC)S(=O)(=O)c1ccc(N(C)C)c(NC(=O)C2CC(=O)N(c3ccccc3F)C2)c1. The predicted molar refractivity (Wildman–Crippen MR) is 126 cm³/mol. The summed E-state index contributed by atoms with van der Waals surface area (Å²) in [6, 6.07) is 10.5. The molecule has 10 heteroatoms. The summed E-state index contributed by atoms with van der Waals surface area (Å²) >= 11 is 0. The lowest BCUT2D eigenvalue weighted by atomic mass is 10.1. The average Bonchev–Trinajstić information content (AvgIpc) is 3.16. The number of nitrogens with one attached hydrogen (secondary N) is 1. The second-order valence-corrected chi connectivity index (χ2v) is 9.95. The van der Waals surface area contributed by atoms with E-state index < -0.39 is 27.7 Å². The smallest absolute Gasteiger partial charge is 0.243 e. The average molecular weight is 477 g/mol.